The second-order valence-corrected chi connectivity index (χ2v) is 4.74. The van der Waals surface area contributed by atoms with Gasteiger partial charge in [0.1, 0.15) is 0 Å². The average Bonchev–Trinajstić information content (AvgIpc) is 2.46. The molecule has 2 rings (SSSR count). The number of phenols is 3. The Morgan fingerprint density at radius 1 is 1.04 bits per heavy atom. The SMILES string of the molecule is CC(=O)N(C(=O)Nc1cc(O)c(O)c(O)c1)c1ccc(N)cc1. The van der Waals surface area contributed by atoms with Gasteiger partial charge in [0.25, 0.3) is 0 Å². The van der Waals surface area contributed by atoms with E-state index in [1.165, 1.54) is 31.2 Å². The van der Waals surface area contributed by atoms with E-state index >= 15 is 0 Å². The zero-order valence-corrected chi connectivity index (χ0v) is 12.1. The number of amides is 3. The van der Waals surface area contributed by atoms with Gasteiger partial charge in [0.2, 0.25) is 5.91 Å². The van der Waals surface area contributed by atoms with E-state index < -0.39 is 29.2 Å². The van der Waals surface area contributed by atoms with Gasteiger partial charge in [-0.25, -0.2) is 9.69 Å². The van der Waals surface area contributed by atoms with Crippen molar-refractivity contribution in [1.29, 1.82) is 0 Å². The predicted octanol–water partition coefficient (Wildman–Crippen LogP) is 1.97. The standard InChI is InChI=1S/C15H15N3O5/c1-8(19)18(11-4-2-9(16)3-5-11)15(23)17-10-6-12(20)14(22)13(21)7-10/h2-7,20-22H,16H2,1H3,(H,17,23). The largest absolute Gasteiger partial charge is 0.504 e. The lowest BCUT2D eigenvalue weighted by molar-refractivity contribution is -0.115. The van der Waals surface area contributed by atoms with E-state index in [0.717, 1.165) is 17.0 Å². The molecule has 120 valence electrons. The van der Waals surface area contributed by atoms with Gasteiger partial charge >= 0.3 is 6.03 Å². The third-order valence-electron chi connectivity index (χ3n) is 2.99. The van der Waals surface area contributed by atoms with Crippen molar-refractivity contribution in [3.8, 4) is 17.2 Å². The minimum atomic E-state index is -0.799. The van der Waals surface area contributed by atoms with Crippen molar-refractivity contribution in [2.24, 2.45) is 0 Å². The average molecular weight is 317 g/mol. The van der Waals surface area contributed by atoms with E-state index in [9.17, 15) is 24.9 Å². The maximum Gasteiger partial charge on any atom is 0.333 e. The van der Waals surface area contributed by atoms with Crippen molar-refractivity contribution >= 4 is 29.0 Å². The number of carbonyl (C=O) groups is 2. The van der Waals surface area contributed by atoms with Crippen LogP contribution in [0.3, 0.4) is 0 Å². The van der Waals surface area contributed by atoms with Crippen LogP contribution in [0.4, 0.5) is 21.9 Å². The summed E-state index contributed by atoms with van der Waals surface area (Å²) < 4.78 is 0. The second-order valence-electron chi connectivity index (χ2n) is 4.74. The smallest absolute Gasteiger partial charge is 0.333 e. The molecule has 0 unspecified atom stereocenters. The summed E-state index contributed by atoms with van der Waals surface area (Å²) in [5.41, 5.74) is 6.35. The quantitative estimate of drug-likeness (QED) is 0.326. The van der Waals surface area contributed by atoms with Crippen molar-refractivity contribution in [3.63, 3.8) is 0 Å². The van der Waals surface area contributed by atoms with Crippen LogP contribution in [-0.2, 0) is 4.79 Å². The Balaban J connectivity index is 2.29. The Morgan fingerprint density at radius 2 is 1.57 bits per heavy atom. The zero-order valence-electron chi connectivity index (χ0n) is 12.1. The summed E-state index contributed by atoms with van der Waals surface area (Å²) in [5.74, 6) is -2.46. The van der Waals surface area contributed by atoms with Gasteiger partial charge in [-0.05, 0) is 24.3 Å². The number of phenolic OH excluding ortho intramolecular Hbond substituents is 3. The molecular formula is C15H15N3O5. The summed E-state index contributed by atoms with van der Waals surface area (Å²) in [6.07, 6.45) is 0. The number of anilines is 3. The zero-order chi connectivity index (χ0) is 17.1. The Morgan fingerprint density at radius 3 is 2.04 bits per heavy atom. The molecule has 0 radical (unpaired) electrons. The third kappa shape index (κ3) is 3.43. The number of carbonyl (C=O) groups excluding carboxylic acids is 2. The second kappa shape index (κ2) is 6.14. The lowest BCUT2D eigenvalue weighted by Gasteiger charge is -2.20. The van der Waals surface area contributed by atoms with E-state index in [0.29, 0.717) is 11.4 Å². The Labute approximate surface area is 131 Å². The highest BCUT2D eigenvalue weighted by atomic mass is 16.3. The molecule has 0 bridgehead atoms. The van der Waals surface area contributed by atoms with Gasteiger partial charge in [-0.3, -0.25) is 4.79 Å². The molecule has 8 nitrogen and oxygen atoms in total. The fourth-order valence-corrected chi connectivity index (χ4v) is 1.92. The summed E-state index contributed by atoms with van der Waals surface area (Å²) in [4.78, 5) is 24.9. The topological polar surface area (TPSA) is 136 Å². The maximum absolute atomic E-state index is 12.3. The van der Waals surface area contributed by atoms with E-state index in [4.69, 9.17) is 5.73 Å². The molecule has 0 saturated carbocycles. The van der Waals surface area contributed by atoms with Gasteiger partial charge in [-0.1, -0.05) is 0 Å². The molecule has 6 N–H and O–H groups in total. The van der Waals surface area contributed by atoms with Gasteiger partial charge in [0, 0.05) is 24.7 Å². The number of nitrogens with two attached hydrogens (primary N) is 1. The highest BCUT2D eigenvalue weighted by molar-refractivity contribution is 6.17. The highest BCUT2D eigenvalue weighted by Gasteiger charge is 2.21. The number of rotatable bonds is 2. The van der Waals surface area contributed by atoms with Crippen LogP contribution in [0.25, 0.3) is 0 Å². The van der Waals surface area contributed by atoms with Crippen LogP contribution in [0, 0.1) is 0 Å². The molecule has 0 aliphatic rings. The first-order valence-electron chi connectivity index (χ1n) is 6.51. The monoisotopic (exact) mass is 317 g/mol. The number of hydrogen-bond acceptors (Lipinski definition) is 6. The molecule has 0 aliphatic heterocycles. The number of aromatic hydroxyl groups is 3. The summed E-state index contributed by atoms with van der Waals surface area (Å²) in [7, 11) is 0. The number of urea groups is 1. The highest BCUT2D eigenvalue weighted by Crippen LogP contribution is 2.37. The van der Waals surface area contributed by atoms with Gasteiger partial charge in [0.15, 0.2) is 17.2 Å². The summed E-state index contributed by atoms with van der Waals surface area (Å²) >= 11 is 0. The van der Waals surface area contributed by atoms with Crippen LogP contribution in [0.15, 0.2) is 36.4 Å². The fraction of sp³-hybridized carbons (Fsp3) is 0.0667. The number of nitrogens with zero attached hydrogens (tertiary/aromatic N) is 1. The number of nitrogen functional groups attached to an aromatic ring is 1. The van der Waals surface area contributed by atoms with Crippen LogP contribution in [0.1, 0.15) is 6.92 Å². The Kier molecular flexibility index (Phi) is 4.26. The van der Waals surface area contributed by atoms with Crippen LogP contribution in [0.2, 0.25) is 0 Å². The van der Waals surface area contributed by atoms with Gasteiger partial charge in [-0.2, -0.15) is 0 Å². The molecule has 0 spiro atoms. The molecule has 0 aliphatic carbocycles. The lowest BCUT2D eigenvalue weighted by atomic mass is 10.2. The first kappa shape index (κ1) is 16.0. The molecule has 0 heterocycles. The molecule has 0 atom stereocenters. The number of benzene rings is 2. The molecule has 8 heteroatoms. The molecule has 2 aromatic carbocycles. The third-order valence-corrected chi connectivity index (χ3v) is 2.99. The minimum absolute atomic E-state index is 0.00416. The summed E-state index contributed by atoms with van der Waals surface area (Å²) in [6, 6.07) is 7.35. The summed E-state index contributed by atoms with van der Waals surface area (Å²) in [5, 5.41) is 30.5. The van der Waals surface area contributed by atoms with Crippen LogP contribution < -0.4 is 16.0 Å². The molecular weight excluding hydrogens is 302 g/mol. The Bertz CT molecular complexity index is 735. The van der Waals surface area contributed by atoms with Gasteiger partial charge in [0.05, 0.1) is 11.4 Å². The molecule has 2 aromatic rings. The molecule has 23 heavy (non-hydrogen) atoms. The van der Waals surface area contributed by atoms with E-state index in [1.807, 2.05) is 0 Å². The van der Waals surface area contributed by atoms with E-state index in [2.05, 4.69) is 5.32 Å². The first-order chi connectivity index (χ1) is 10.8. The van der Waals surface area contributed by atoms with Crippen molar-refractivity contribution in [2.45, 2.75) is 6.92 Å². The van der Waals surface area contributed by atoms with Crippen molar-refractivity contribution in [1.82, 2.24) is 0 Å². The lowest BCUT2D eigenvalue weighted by Crippen LogP contribution is -2.38. The van der Waals surface area contributed by atoms with Crippen LogP contribution in [0.5, 0.6) is 17.2 Å². The van der Waals surface area contributed by atoms with E-state index in [-0.39, 0.29) is 5.69 Å². The van der Waals surface area contributed by atoms with Crippen molar-refractivity contribution < 1.29 is 24.9 Å². The fourth-order valence-electron chi connectivity index (χ4n) is 1.92. The normalized spacial score (nSPS) is 10.1. The van der Waals surface area contributed by atoms with Gasteiger partial charge < -0.3 is 26.4 Å². The van der Waals surface area contributed by atoms with E-state index in [1.54, 1.807) is 0 Å². The first-order valence-corrected chi connectivity index (χ1v) is 6.51. The number of nitrogens with one attached hydrogen (secondary N) is 1. The van der Waals surface area contributed by atoms with Crippen LogP contribution >= 0.6 is 0 Å². The van der Waals surface area contributed by atoms with Crippen molar-refractivity contribution in [3.05, 3.63) is 36.4 Å². The molecule has 3 amide bonds. The molecule has 0 fully saturated rings. The van der Waals surface area contributed by atoms with Gasteiger partial charge in [-0.15, -0.1) is 0 Å². The van der Waals surface area contributed by atoms with Crippen molar-refractivity contribution in [2.75, 3.05) is 16.0 Å². The minimum Gasteiger partial charge on any atom is -0.504 e. The summed E-state index contributed by atoms with van der Waals surface area (Å²) in [6.45, 7) is 1.21. The number of imide groups is 1. The number of hydrogen-bond donors (Lipinski definition) is 5. The molecule has 0 aromatic heterocycles. The molecule has 0 saturated heterocycles. The Hall–Kier alpha value is -3.42. The maximum atomic E-state index is 12.3. The predicted molar refractivity (Wildman–Crippen MR) is 84.5 cm³/mol. The van der Waals surface area contributed by atoms with Crippen LogP contribution in [-0.4, -0.2) is 27.3 Å².